The van der Waals surface area contributed by atoms with Crippen LogP contribution in [-0.4, -0.2) is 18.5 Å². The molecule has 13 heavy (non-hydrogen) atoms. The van der Waals surface area contributed by atoms with E-state index in [0.717, 1.165) is 5.57 Å². The lowest BCUT2D eigenvalue weighted by Crippen LogP contribution is -2.46. The Bertz CT molecular complexity index is 203. The Balaban J connectivity index is 4.46. The first-order valence-corrected chi connectivity index (χ1v) is 4.44. The summed E-state index contributed by atoms with van der Waals surface area (Å²) in [6.07, 6.45) is 0. The molecule has 1 unspecified atom stereocenters. The summed E-state index contributed by atoms with van der Waals surface area (Å²) in [6, 6.07) is -0.0106. The molecule has 0 fully saturated rings. The molecule has 1 atom stereocenters. The maximum Gasteiger partial charge on any atom is 0.234 e. The molecule has 0 aromatic heterocycles. The van der Waals surface area contributed by atoms with Crippen LogP contribution in [0.15, 0.2) is 12.2 Å². The van der Waals surface area contributed by atoms with Crippen LogP contribution in [0.25, 0.3) is 0 Å². The van der Waals surface area contributed by atoms with Crippen LogP contribution in [0.4, 0.5) is 0 Å². The lowest BCUT2D eigenvalue weighted by atomic mass is 9.83. The van der Waals surface area contributed by atoms with Gasteiger partial charge in [0.05, 0.1) is 12.6 Å². The van der Waals surface area contributed by atoms with Crippen LogP contribution in [0.5, 0.6) is 0 Å². The van der Waals surface area contributed by atoms with Crippen molar-refractivity contribution in [1.29, 1.82) is 0 Å². The van der Waals surface area contributed by atoms with Gasteiger partial charge >= 0.3 is 0 Å². The van der Waals surface area contributed by atoms with Crippen LogP contribution in [0.1, 0.15) is 27.7 Å². The molecule has 0 aliphatic rings. The third-order valence-electron chi connectivity index (χ3n) is 1.85. The highest BCUT2D eigenvalue weighted by Crippen LogP contribution is 2.23. The van der Waals surface area contributed by atoms with Crippen molar-refractivity contribution in [2.45, 2.75) is 33.7 Å². The number of amides is 1. The summed E-state index contributed by atoms with van der Waals surface area (Å²) in [7, 11) is 0. The van der Waals surface area contributed by atoms with Gasteiger partial charge in [-0.2, -0.15) is 0 Å². The predicted molar refractivity (Wildman–Crippen MR) is 55.3 cm³/mol. The highest BCUT2D eigenvalue weighted by Gasteiger charge is 2.26. The SMILES string of the molecule is C=C(C)C(NC(=O)CN)C(C)(C)C. The zero-order valence-corrected chi connectivity index (χ0v) is 8.98. The highest BCUT2D eigenvalue weighted by molar-refractivity contribution is 5.78. The van der Waals surface area contributed by atoms with E-state index in [9.17, 15) is 4.79 Å². The van der Waals surface area contributed by atoms with Crippen LogP contribution in [0, 0.1) is 5.41 Å². The average Bonchev–Trinajstić information content (AvgIpc) is 1.96. The summed E-state index contributed by atoms with van der Waals surface area (Å²) in [5.41, 5.74) is 6.16. The van der Waals surface area contributed by atoms with Crippen molar-refractivity contribution in [3.8, 4) is 0 Å². The Morgan fingerprint density at radius 2 is 2.00 bits per heavy atom. The number of carbonyl (C=O) groups is 1. The van der Waals surface area contributed by atoms with Gasteiger partial charge in [0, 0.05) is 0 Å². The van der Waals surface area contributed by atoms with E-state index in [-0.39, 0.29) is 23.9 Å². The fraction of sp³-hybridized carbons (Fsp3) is 0.700. The second-order valence-corrected chi connectivity index (χ2v) is 4.42. The third kappa shape index (κ3) is 4.08. The van der Waals surface area contributed by atoms with Crippen molar-refractivity contribution in [1.82, 2.24) is 5.32 Å². The molecular formula is C10H20N2O. The summed E-state index contributed by atoms with van der Waals surface area (Å²) in [5.74, 6) is -0.136. The van der Waals surface area contributed by atoms with Crippen molar-refractivity contribution in [3.05, 3.63) is 12.2 Å². The van der Waals surface area contributed by atoms with Crippen molar-refractivity contribution in [3.63, 3.8) is 0 Å². The highest BCUT2D eigenvalue weighted by atomic mass is 16.1. The van der Waals surface area contributed by atoms with Gasteiger partial charge < -0.3 is 11.1 Å². The Morgan fingerprint density at radius 1 is 1.54 bits per heavy atom. The van der Waals surface area contributed by atoms with E-state index in [1.54, 1.807) is 0 Å². The quantitative estimate of drug-likeness (QED) is 0.644. The first-order valence-electron chi connectivity index (χ1n) is 4.44. The summed E-state index contributed by atoms with van der Waals surface area (Å²) in [6.45, 7) is 12.0. The average molecular weight is 184 g/mol. The van der Waals surface area contributed by atoms with Crippen LogP contribution in [-0.2, 0) is 4.79 Å². The normalized spacial score (nSPS) is 13.6. The van der Waals surface area contributed by atoms with Gasteiger partial charge in [0.2, 0.25) is 5.91 Å². The van der Waals surface area contributed by atoms with Crippen molar-refractivity contribution >= 4 is 5.91 Å². The standard InChI is InChI=1S/C10H20N2O/c1-7(2)9(10(3,4)5)12-8(13)6-11/h9H,1,6,11H2,2-5H3,(H,12,13). The van der Waals surface area contributed by atoms with E-state index in [1.165, 1.54) is 0 Å². The maximum absolute atomic E-state index is 11.1. The van der Waals surface area contributed by atoms with Gasteiger partial charge in [-0.3, -0.25) is 4.79 Å². The number of rotatable bonds is 3. The van der Waals surface area contributed by atoms with E-state index in [0.29, 0.717) is 0 Å². The van der Waals surface area contributed by atoms with Crippen molar-refractivity contribution in [2.75, 3.05) is 6.54 Å². The van der Waals surface area contributed by atoms with E-state index in [2.05, 4.69) is 32.7 Å². The second kappa shape index (κ2) is 4.42. The lowest BCUT2D eigenvalue weighted by molar-refractivity contribution is -0.120. The van der Waals surface area contributed by atoms with Gasteiger partial charge in [-0.15, -0.1) is 0 Å². The lowest BCUT2D eigenvalue weighted by Gasteiger charge is -2.31. The van der Waals surface area contributed by atoms with Crippen LogP contribution < -0.4 is 11.1 Å². The van der Waals surface area contributed by atoms with Gasteiger partial charge in [-0.05, 0) is 12.3 Å². The Hall–Kier alpha value is -0.830. The van der Waals surface area contributed by atoms with Crippen LogP contribution in [0.3, 0.4) is 0 Å². The molecule has 0 rings (SSSR count). The monoisotopic (exact) mass is 184 g/mol. The number of hydrogen-bond acceptors (Lipinski definition) is 2. The number of carbonyl (C=O) groups excluding carboxylic acids is 1. The van der Waals surface area contributed by atoms with Crippen LogP contribution in [0.2, 0.25) is 0 Å². The third-order valence-corrected chi connectivity index (χ3v) is 1.85. The molecule has 0 bridgehead atoms. The Kier molecular flexibility index (Phi) is 4.14. The Morgan fingerprint density at radius 3 is 2.23 bits per heavy atom. The fourth-order valence-electron chi connectivity index (χ4n) is 1.30. The molecule has 0 saturated heterocycles. The molecule has 3 nitrogen and oxygen atoms in total. The minimum absolute atomic E-state index is 0.0106. The molecule has 1 amide bonds. The predicted octanol–water partition coefficient (Wildman–Crippen LogP) is 1.05. The zero-order chi connectivity index (χ0) is 10.6. The fourth-order valence-corrected chi connectivity index (χ4v) is 1.30. The van der Waals surface area contributed by atoms with Crippen LogP contribution >= 0.6 is 0 Å². The molecule has 0 saturated carbocycles. The van der Waals surface area contributed by atoms with Crippen molar-refractivity contribution < 1.29 is 4.79 Å². The van der Waals surface area contributed by atoms with Crippen molar-refractivity contribution in [2.24, 2.45) is 11.1 Å². The number of hydrogen-bond donors (Lipinski definition) is 2. The molecule has 0 aliphatic heterocycles. The Labute approximate surface area is 80.4 Å². The molecule has 0 spiro atoms. The summed E-state index contributed by atoms with van der Waals surface area (Å²) >= 11 is 0. The molecule has 3 heteroatoms. The molecule has 76 valence electrons. The molecule has 3 N–H and O–H groups in total. The largest absolute Gasteiger partial charge is 0.348 e. The molecule has 0 heterocycles. The topological polar surface area (TPSA) is 55.1 Å². The van der Waals surface area contributed by atoms with E-state index in [1.807, 2.05) is 6.92 Å². The molecule has 0 aliphatic carbocycles. The van der Waals surface area contributed by atoms with Gasteiger partial charge in [-0.1, -0.05) is 32.9 Å². The molecule has 0 radical (unpaired) electrons. The minimum atomic E-state index is -0.136. The smallest absolute Gasteiger partial charge is 0.234 e. The first-order chi connectivity index (χ1) is 5.79. The van der Waals surface area contributed by atoms with E-state index < -0.39 is 0 Å². The van der Waals surface area contributed by atoms with Gasteiger partial charge in [0.15, 0.2) is 0 Å². The van der Waals surface area contributed by atoms with Gasteiger partial charge in [0.25, 0.3) is 0 Å². The van der Waals surface area contributed by atoms with E-state index in [4.69, 9.17) is 5.73 Å². The number of nitrogens with two attached hydrogens (primary N) is 1. The number of nitrogens with one attached hydrogen (secondary N) is 1. The second-order valence-electron chi connectivity index (χ2n) is 4.42. The van der Waals surface area contributed by atoms with E-state index >= 15 is 0 Å². The summed E-state index contributed by atoms with van der Waals surface area (Å²) < 4.78 is 0. The molecule has 0 aromatic rings. The molecular weight excluding hydrogens is 164 g/mol. The zero-order valence-electron chi connectivity index (χ0n) is 8.98. The van der Waals surface area contributed by atoms with Gasteiger partial charge in [-0.25, -0.2) is 0 Å². The summed E-state index contributed by atoms with van der Waals surface area (Å²) in [5, 5.41) is 2.84. The minimum Gasteiger partial charge on any atom is -0.348 e. The maximum atomic E-state index is 11.1. The summed E-state index contributed by atoms with van der Waals surface area (Å²) in [4.78, 5) is 11.1. The van der Waals surface area contributed by atoms with Gasteiger partial charge in [0.1, 0.15) is 0 Å². The molecule has 0 aromatic carbocycles. The first kappa shape index (κ1) is 12.2.